The second kappa shape index (κ2) is 5.99. The third-order valence-corrected chi connectivity index (χ3v) is 3.77. The molecule has 0 spiro atoms. The molecule has 0 bridgehead atoms. The van der Waals surface area contributed by atoms with E-state index in [1.165, 1.54) is 18.3 Å². The molecule has 1 amide bonds. The van der Waals surface area contributed by atoms with Gasteiger partial charge in [-0.15, -0.1) is 11.3 Å². The van der Waals surface area contributed by atoms with Gasteiger partial charge in [0.25, 0.3) is 0 Å². The molecule has 98 valence electrons. The highest BCUT2D eigenvalue weighted by molar-refractivity contribution is 7.16. The van der Waals surface area contributed by atoms with Crippen LogP contribution in [0.1, 0.15) is 22.2 Å². The van der Waals surface area contributed by atoms with E-state index in [1.54, 1.807) is 30.3 Å². The van der Waals surface area contributed by atoms with E-state index in [-0.39, 0.29) is 11.7 Å². The van der Waals surface area contributed by atoms with Crippen LogP contribution in [-0.2, 0) is 11.2 Å². The minimum Gasteiger partial charge on any atom is -0.326 e. The normalized spacial score (nSPS) is 10.2. The maximum atomic E-state index is 11.8. The summed E-state index contributed by atoms with van der Waals surface area (Å²) in [5, 5.41) is 2.78. The van der Waals surface area contributed by atoms with Gasteiger partial charge in [0.05, 0.1) is 10.8 Å². The number of amides is 1. The van der Waals surface area contributed by atoms with Crippen LogP contribution >= 0.6 is 22.9 Å². The number of rotatable bonds is 4. The van der Waals surface area contributed by atoms with Crippen molar-refractivity contribution in [1.82, 2.24) is 0 Å². The Morgan fingerprint density at radius 3 is 2.37 bits per heavy atom. The summed E-state index contributed by atoms with van der Waals surface area (Å²) in [5.41, 5.74) is 1.31. The van der Waals surface area contributed by atoms with Gasteiger partial charge in [0.1, 0.15) is 0 Å². The maximum Gasteiger partial charge on any atom is 0.229 e. The molecule has 2 rings (SSSR count). The van der Waals surface area contributed by atoms with Gasteiger partial charge in [-0.2, -0.15) is 0 Å². The third-order valence-electron chi connectivity index (χ3n) is 2.54. The summed E-state index contributed by atoms with van der Waals surface area (Å²) in [6.07, 6.45) is 0.297. The van der Waals surface area contributed by atoms with Crippen LogP contribution in [0.5, 0.6) is 0 Å². The molecule has 0 aliphatic rings. The second-order valence-electron chi connectivity index (χ2n) is 4.06. The Morgan fingerprint density at radius 2 is 1.84 bits per heavy atom. The zero-order valence-corrected chi connectivity index (χ0v) is 11.8. The monoisotopic (exact) mass is 293 g/mol. The van der Waals surface area contributed by atoms with Crippen molar-refractivity contribution < 1.29 is 9.59 Å². The molecule has 0 unspecified atom stereocenters. The van der Waals surface area contributed by atoms with Gasteiger partial charge in [-0.05, 0) is 43.3 Å². The molecule has 1 N–H and O–H groups in total. The SMILES string of the molecule is CC(=O)c1ccc(NC(=O)Cc2ccc(Cl)s2)cc1. The Bertz CT molecular complexity index is 604. The smallest absolute Gasteiger partial charge is 0.229 e. The predicted molar refractivity (Wildman–Crippen MR) is 78.1 cm³/mol. The van der Waals surface area contributed by atoms with Crippen molar-refractivity contribution in [3.05, 3.63) is 51.2 Å². The molecule has 0 saturated heterocycles. The largest absolute Gasteiger partial charge is 0.326 e. The molecule has 0 aliphatic heterocycles. The number of Topliss-reactive ketones (excluding diaryl/α,β-unsaturated/α-hetero) is 1. The van der Waals surface area contributed by atoms with Crippen molar-refractivity contribution in [1.29, 1.82) is 0 Å². The van der Waals surface area contributed by atoms with Crippen LogP contribution in [0.15, 0.2) is 36.4 Å². The lowest BCUT2D eigenvalue weighted by atomic mass is 10.1. The summed E-state index contributed by atoms with van der Waals surface area (Å²) in [7, 11) is 0. The second-order valence-corrected chi connectivity index (χ2v) is 5.86. The molecule has 0 saturated carbocycles. The van der Waals surface area contributed by atoms with Crippen molar-refractivity contribution in [3.8, 4) is 0 Å². The highest BCUT2D eigenvalue weighted by Crippen LogP contribution is 2.22. The maximum absolute atomic E-state index is 11.8. The van der Waals surface area contributed by atoms with Gasteiger partial charge in [-0.1, -0.05) is 11.6 Å². The van der Waals surface area contributed by atoms with Gasteiger partial charge in [0.15, 0.2) is 5.78 Å². The fraction of sp³-hybridized carbons (Fsp3) is 0.143. The Hall–Kier alpha value is -1.65. The molecule has 1 aromatic heterocycles. The van der Waals surface area contributed by atoms with Crippen molar-refractivity contribution in [2.45, 2.75) is 13.3 Å². The zero-order valence-electron chi connectivity index (χ0n) is 10.3. The van der Waals surface area contributed by atoms with Gasteiger partial charge in [-0.25, -0.2) is 0 Å². The van der Waals surface area contributed by atoms with Crippen LogP contribution < -0.4 is 5.32 Å². The fourth-order valence-electron chi connectivity index (χ4n) is 1.60. The summed E-state index contributed by atoms with van der Waals surface area (Å²) in [6.45, 7) is 1.51. The molecule has 19 heavy (non-hydrogen) atoms. The van der Waals surface area contributed by atoms with E-state index >= 15 is 0 Å². The Balaban J connectivity index is 1.97. The number of carbonyl (C=O) groups is 2. The Morgan fingerprint density at radius 1 is 1.16 bits per heavy atom. The molecule has 0 radical (unpaired) electrons. The summed E-state index contributed by atoms with van der Waals surface area (Å²) >= 11 is 7.20. The Labute approximate surface area is 120 Å². The number of hydrogen-bond acceptors (Lipinski definition) is 3. The topological polar surface area (TPSA) is 46.2 Å². The standard InChI is InChI=1S/C14H12ClNO2S/c1-9(17)10-2-4-11(5-3-10)16-14(18)8-12-6-7-13(15)19-12/h2-7H,8H2,1H3,(H,16,18). The molecule has 5 heteroatoms. The van der Waals surface area contributed by atoms with Crippen molar-refractivity contribution in [3.63, 3.8) is 0 Å². The first-order valence-corrected chi connectivity index (χ1v) is 6.89. The van der Waals surface area contributed by atoms with Crippen LogP contribution in [0.4, 0.5) is 5.69 Å². The first-order valence-electron chi connectivity index (χ1n) is 5.69. The van der Waals surface area contributed by atoms with Crippen LogP contribution in [0.25, 0.3) is 0 Å². The third kappa shape index (κ3) is 3.91. The quantitative estimate of drug-likeness (QED) is 0.872. The summed E-state index contributed by atoms with van der Waals surface area (Å²) in [6, 6.07) is 10.4. The van der Waals surface area contributed by atoms with Gasteiger partial charge < -0.3 is 5.32 Å². The fourth-order valence-corrected chi connectivity index (χ4v) is 2.68. The summed E-state index contributed by atoms with van der Waals surface area (Å²) < 4.78 is 0.675. The van der Waals surface area contributed by atoms with E-state index in [0.717, 1.165) is 4.88 Å². The number of carbonyl (C=O) groups excluding carboxylic acids is 2. The molecular weight excluding hydrogens is 282 g/mol. The lowest BCUT2D eigenvalue weighted by Gasteiger charge is -2.04. The lowest BCUT2D eigenvalue weighted by Crippen LogP contribution is -2.13. The van der Waals surface area contributed by atoms with E-state index in [0.29, 0.717) is 22.0 Å². The van der Waals surface area contributed by atoms with E-state index in [9.17, 15) is 9.59 Å². The molecule has 0 fully saturated rings. The first-order chi connectivity index (χ1) is 9.04. The van der Waals surface area contributed by atoms with Gasteiger partial charge in [-0.3, -0.25) is 9.59 Å². The zero-order chi connectivity index (χ0) is 13.8. The number of anilines is 1. The number of hydrogen-bond donors (Lipinski definition) is 1. The number of ketones is 1. The minimum atomic E-state index is -0.103. The summed E-state index contributed by atoms with van der Waals surface area (Å²) in [4.78, 5) is 23.8. The molecule has 3 nitrogen and oxygen atoms in total. The molecule has 1 heterocycles. The van der Waals surface area contributed by atoms with Crippen LogP contribution in [0.2, 0.25) is 4.34 Å². The van der Waals surface area contributed by atoms with Gasteiger partial charge >= 0.3 is 0 Å². The van der Waals surface area contributed by atoms with Crippen LogP contribution in [-0.4, -0.2) is 11.7 Å². The number of halogens is 1. The van der Waals surface area contributed by atoms with E-state index in [2.05, 4.69) is 5.32 Å². The first kappa shape index (κ1) is 13.8. The average molecular weight is 294 g/mol. The lowest BCUT2D eigenvalue weighted by molar-refractivity contribution is -0.115. The molecule has 2 aromatic rings. The van der Waals surface area contributed by atoms with E-state index in [4.69, 9.17) is 11.6 Å². The summed E-state index contributed by atoms with van der Waals surface area (Å²) in [5.74, 6) is -0.0970. The molecule has 0 atom stereocenters. The van der Waals surface area contributed by atoms with E-state index < -0.39 is 0 Å². The van der Waals surface area contributed by atoms with Gasteiger partial charge in [0.2, 0.25) is 5.91 Å². The van der Waals surface area contributed by atoms with Crippen molar-refractivity contribution >= 4 is 40.3 Å². The van der Waals surface area contributed by atoms with Crippen molar-refractivity contribution in [2.75, 3.05) is 5.32 Å². The molecule has 1 aromatic carbocycles. The molecular formula is C14H12ClNO2S. The Kier molecular flexibility index (Phi) is 4.35. The average Bonchev–Trinajstić information content (AvgIpc) is 2.75. The minimum absolute atomic E-state index is 0.00565. The van der Waals surface area contributed by atoms with Crippen LogP contribution in [0, 0.1) is 0 Å². The molecule has 0 aliphatic carbocycles. The number of nitrogens with one attached hydrogen (secondary N) is 1. The van der Waals surface area contributed by atoms with Crippen LogP contribution in [0.3, 0.4) is 0 Å². The van der Waals surface area contributed by atoms with E-state index in [1.807, 2.05) is 6.07 Å². The number of thiophene rings is 1. The van der Waals surface area contributed by atoms with Crippen molar-refractivity contribution in [2.24, 2.45) is 0 Å². The van der Waals surface area contributed by atoms with Gasteiger partial charge in [0, 0.05) is 16.1 Å². The predicted octanol–water partition coefficient (Wildman–Crippen LogP) is 3.79. The number of benzene rings is 1. The highest BCUT2D eigenvalue weighted by atomic mass is 35.5. The highest BCUT2D eigenvalue weighted by Gasteiger charge is 2.07.